The zero-order valence-electron chi connectivity index (χ0n) is 46.2. The molecule has 0 fully saturated rings. The molecule has 5 nitrogen and oxygen atoms in total. The van der Waals surface area contributed by atoms with Gasteiger partial charge in [-0.2, -0.15) is 0 Å². The van der Waals surface area contributed by atoms with Crippen molar-refractivity contribution < 1.29 is 9.47 Å². The van der Waals surface area contributed by atoms with Gasteiger partial charge in [-0.25, -0.2) is 0 Å². The highest BCUT2D eigenvalue weighted by Gasteiger charge is 2.48. The molecule has 81 heavy (non-hydrogen) atoms. The van der Waals surface area contributed by atoms with Crippen LogP contribution in [-0.4, -0.2) is 6.85 Å². The van der Waals surface area contributed by atoms with Crippen molar-refractivity contribution >= 4 is 94.8 Å². The molecular formula is C74H58BN3O2S. The first-order valence-corrected chi connectivity index (χ1v) is 28.9. The normalized spacial score (nSPS) is 13.2. The molecule has 0 amide bonds. The molecule has 390 valence electrons. The van der Waals surface area contributed by atoms with E-state index >= 15 is 0 Å². The second-order valence-electron chi connectivity index (χ2n) is 23.7. The molecular weight excluding hydrogens is 1010 g/mol. The van der Waals surface area contributed by atoms with Gasteiger partial charge in [0, 0.05) is 88.3 Å². The lowest BCUT2D eigenvalue weighted by atomic mass is 9.43. The number of ether oxygens (including phenoxy) is 2. The van der Waals surface area contributed by atoms with Crippen LogP contribution < -0.4 is 35.0 Å². The molecule has 0 saturated heterocycles. The highest BCUT2D eigenvalue weighted by Crippen LogP contribution is 2.57. The van der Waals surface area contributed by atoms with E-state index in [4.69, 9.17) is 9.47 Å². The Balaban J connectivity index is 1.11. The van der Waals surface area contributed by atoms with E-state index in [0.29, 0.717) is 23.0 Å². The van der Waals surface area contributed by atoms with Crippen molar-refractivity contribution in [2.45, 2.75) is 52.4 Å². The summed E-state index contributed by atoms with van der Waals surface area (Å²) < 4.78 is 16.4. The van der Waals surface area contributed by atoms with Gasteiger partial charge in [0.05, 0.1) is 5.69 Å². The Labute approximate surface area is 478 Å². The Kier molecular flexibility index (Phi) is 11.2. The Hall–Kier alpha value is -9.30. The van der Waals surface area contributed by atoms with Crippen molar-refractivity contribution in [2.24, 2.45) is 0 Å². The molecule has 3 aliphatic rings. The van der Waals surface area contributed by atoms with Gasteiger partial charge >= 0.3 is 6.85 Å². The molecule has 1 aromatic heterocycles. The van der Waals surface area contributed by atoms with E-state index in [2.05, 4.69) is 275 Å². The van der Waals surface area contributed by atoms with Gasteiger partial charge in [0.1, 0.15) is 0 Å². The zero-order valence-corrected chi connectivity index (χ0v) is 47.1. The van der Waals surface area contributed by atoms with Crippen LogP contribution in [-0.2, 0) is 10.8 Å². The summed E-state index contributed by atoms with van der Waals surface area (Å²) in [5, 5.41) is 2.46. The average molecular weight is 1060 g/mol. The Bertz CT molecular complexity index is 4410. The van der Waals surface area contributed by atoms with E-state index in [1.807, 2.05) is 35.6 Å². The number of para-hydroxylation sites is 4. The van der Waals surface area contributed by atoms with Crippen molar-refractivity contribution in [3.8, 4) is 56.4 Å². The molecule has 0 aliphatic carbocycles. The minimum atomic E-state index is -0.350. The Morgan fingerprint density at radius 2 is 0.901 bits per heavy atom. The van der Waals surface area contributed by atoms with Crippen molar-refractivity contribution in [3.05, 3.63) is 254 Å². The number of benzene rings is 11. The lowest BCUT2D eigenvalue weighted by Gasteiger charge is -2.47. The first-order chi connectivity index (χ1) is 39.4. The van der Waals surface area contributed by atoms with E-state index in [1.54, 1.807) is 0 Å². The number of rotatable bonds is 7. The van der Waals surface area contributed by atoms with E-state index in [-0.39, 0.29) is 17.7 Å². The molecule has 4 heterocycles. The van der Waals surface area contributed by atoms with Crippen LogP contribution in [0.1, 0.15) is 52.7 Å². The average Bonchev–Trinajstić information content (AvgIpc) is 2.86. The maximum atomic E-state index is 6.99. The number of hydrogen-bond acceptors (Lipinski definition) is 6. The van der Waals surface area contributed by atoms with Gasteiger partial charge in [0.2, 0.25) is 0 Å². The predicted molar refractivity (Wildman–Crippen MR) is 343 cm³/mol. The summed E-state index contributed by atoms with van der Waals surface area (Å²) in [6.45, 7) is 13.5. The largest absolute Gasteiger partial charge is 0.450 e. The molecule has 12 aromatic rings. The fourth-order valence-electron chi connectivity index (χ4n) is 12.6. The van der Waals surface area contributed by atoms with Gasteiger partial charge < -0.3 is 24.1 Å². The summed E-state index contributed by atoms with van der Waals surface area (Å²) in [4.78, 5) is 7.62. The van der Waals surface area contributed by atoms with Crippen LogP contribution in [0.4, 0.5) is 45.5 Å². The Morgan fingerprint density at radius 1 is 0.395 bits per heavy atom. The van der Waals surface area contributed by atoms with Gasteiger partial charge in [-0.15, -0.1) is 11.3 Å². The van der Waals surface area contributed by atoms with Gasteiger partial charge in [0.25, 0.3) is 0 Å². The van der Waals surface area contributed by atoms with Crippen molar-refractivity contribution in [1.29, 1.82) is 0 Å². The number of fused-ring (bicyclic) bond motifs is 10. The van der Waals surface area contributed by atoms with Crippen LogP contribution in [0.25, 0.3) is 53.6 Å². The predicted octanol–water partition coefficient (Wildman–Crippen LogP) is 20.1. The minimum absolute atomic E-state index is 0.105. The van der Waals surface area contributed by atoms with Gasteiger partial charge in [0.15, 0.2) is 23.0 Å². The molecule has 11 aromatic carbocycles. The number of anilines is 8. The quantitative estimate of drug-likeness (QED) is 0.148. The van der Waals surface area contributed by atoms with E-state index in [0.717, 1.165) is 73.2 Å². The van der Waals surface area contributed by atoms with Crippen LogP contribution in [0, 0.1) is 0 Å². The molecule has 0 saturated carbocycles. The molecule has 3 aliphatic heterocycles. The second kappa shape index (κ2) is 18.7. The second-order valence-corrected chi connectivity index (χ2v) is 24.7. The summed E-state index contributed by atoms with van der Waals surface area (Å²) in [5.41, 5.74) is 20.4. The van der Waals surface area contributed by atoms with Crippen molar-refractivity contribution in [2.75, 3.05) is 14.6 Å². The molecule has 0 radical (unpaired) electrons. The minimum Gasteiger partial charge on any atom is -0.450 e. The standard InChI is InChI=1S/C74H58BN3O2S/c1-73(2,3)49-35-38-60(55(41-49)47-23-11-7-12-24-47)77-63-46-68-67(79-65-32-20-21-33-66(65)80-68)45-59(63)75-71-64(77)44-57-54-31-19-22-34-69(54)81-72(57)70(71)58-43-53(76(51-27-15-9-16-28-51)52-29-17-10-18-30-52)37-40-62(58)78(75)61-39-36-50(74(4,5)6)42-56(61)48-25-13-8-14-26-48/h7-46H,1-6H3. The first kappa shape index (κ1) is 48.8. The third-order valence-electron chi connectivity index (χ3n) is 16.6. The van der Waals surface area contributed by atoms with Crippen molar-refractivity contribution in [1.82, 2.24) is 0 Å². The van der Waals surface area contributed by atoms with Crippen LogP contribution in [0.5, 0.6) is 23.0 Å². The number of thiophene rings is 1. The highest BCUT2D eigenvalue weighted by molar-refractivity contribution is 7.26. The van der Waals surface area contributed by atoms with Crippen LogP contribution in [0.3, 0.4) is 0 Å². The maximum Gasteiger partial charge on any atom is 0.333 e. The topological polar surface area (TPSA) is 28.2 Å². The molecule has 0 atom stereocenters. The zero-order chi connectivity index (χ0) is 54.7. The molecule has 15 rings (SSSR count). The molecule has 0 bridgehead atoms. The van der Waals surface area contributed by atoms with Gasteiger partial charge in [-0.05, 0) is 141 Å². The van der Waals surface area contributed by atoms with E-state index < -0.39 is 0 Å². The highest BCUT2D eigenvalue weighted by atomic mass is 32.1. The molecule has 0 unspecified atom stereocenters. The molecule has 0 N–H and O–H groups in total. The first-order valence-electron chi connectivity index (χ1n) is 28.1. The monoisotopic (exact) mass is 1060 g/mol. The van der Waals surface area contributed by atoms with Crippen LogP contribution in [0.2, 0.25) is 0 Å². The van der Waals surface area contributed by atoms with Crippen LogP contribution in [0.15, 0.2) is 243 Å². The van der Waals surface area contributed by atoms with Crippen molar-refractivity contribution in [3.63, 3.8) is 0 Å². The lowest BCUT2D eigenvalue weighted by Crippen LogP contribution is -2.61. The smallest absolute Gasteiger partial charge is 0.333 e. The fraction of sp³-hybridized carbons (Fsp3) is 0.108. The summed E-state index contributed by atoms with van der Waals surface area (Å²) in [6, 6.07) is 89.0. The van der Waals surface area contributed by atoms with Gasteiger partial charge in [-0.3, -0.25) is 0 Å². The van der Waals surface area contributed by atoms with Crippen LogP contribution >= 0.6 is 11.3 Å². The third-order valence-corrected chi connectivity index (χ3v) is 17.8. The lowest BCUT2D eigenvalue weighted by molar-refractivity contribution is 0.360. The SMILES string of the molecule is CC(C)(C)c1ccc(N2B3c4cc5c(cc4N(c4ccc(C(C)(C)C)cc4-c4ccccc4)c4cc6c(sc7ccccc76)c(c43)-c3cc(N(c4ccccc4)c4ccccc4)ccc32)Oc2ccccc2O5)c(-c2ccccc2)c1. The number of hydrogen-bond donors (Lipinski definition) is 0. The summed E-state index contributed by atoms with van der Waals surface area (Å²) in [7, 11) is 0. The fourth-order valence-corrected chi connectivity index (χ4v) is 13.8. The molecule has 7 heteroatoms. The van der Waals surface area contributed by atoms with Gasteiger partial charge in [-0.1, -0.05) is 181 Å². The number of nitrogens with zero attached hydrogens (tertiary/aromatic N) is 3. The molecule has 0 spiro atoms. The summed E-state index contributed by atoms with van der Waals surface area (Å²) >= 11 is 1.90. The summed E-state index contributed by atoms with van der Waals surface area (Å²) in [5.74, 6) is 2.74. The summed E-state index contributed by atoms with van der Waals surface area (Å²) in [6.07, 6.45) is 0. The van der Waals surface area contributed by atoms with E-state index in [9.17, 15) is 0 Å². The van der Waals surface area contributed by atoms with E-state index in [1.165, 1.54) is 47.9 Å². The third kappa shape index (κ3) is 8.04. The Morgan fingerprint density at radius 3 is 1.51 bits per heavy atom. The maximum absolute atomic E-state index is 6.99.